The van der Waals surface area contributed by atoms with Crippen molar-refractivity contribution in [3.05, 3.63) is 98.7 Å². The average molecular weight is 475 g/mol. The first-order valence-electron chi connectivity index (χ1n) is 10.9. The third-order valence-electron chi connectivity index (χ3n) is 5.65. The molecule has 8 nitrogen and oxygen atoms in total. The van der Waals surface area contributed by atoms with Crippen LogP contribution in [0, 0.1) is 0 Å². The van der Waals surface area contributed by atoms with Crippen LogP contribution in [0.4, 0.5) is 0 Å². The molecule has 1 fully saturated rings. The smallest absolute Gasteiger partial charge is 0.278 e. The third kappa shape index (κ3) is 4.35. The van der Waals surface area contributed by atoms with Gasteiger partial charge in [0.05, 0.1) is 30.9 Å². The fraction of sp³-hybridized carbons (Fsp3) is 0.200. The Balaban J connectivity index is 1.59. The summed E-state index contributed by atoms with van der Waals surface area (Å²) in [6, 6.07) is 16.0. The van der Waals surface area contributed by atoms with Gasteiger partial charge in [0.25, 0.3) is 17.4 Å². The van der Waals surface area contributed by atoms with Gasteiger partial charge in [-0.25, -0.2) is 4.68 Å². The summed E-state index contributed by atoms with van der Waals surface area (Å²) in [5, 5.41) is 6.41. The van der Waals surface area contributed by atoms with Crippen LogP contribution in [0.25, 0.3) is 11.3 Å². The van der Waals surface area contributed by atoms with Crippen molar-refractivity contribution >= 4 is 23.2 Å². The number of thiophene rings is 1. The summed E-state index contributed by atoms with van der Waals surface area (Å²) in [4.78, 5) is 42.6. The lowest BCUT2D eigenvalue weighted by atomic mass is 10.1. The predicted molar refractivity (Wildman–Crippen MR) is 128 cm³/mol. The molecule has 0 unspecified atom stereocenters. The Morgan fingerprint density at radius 2 is 1.76 bits per heavy atom. The second-order valence-electron chi connectivity index (χ2n) is 7.85. The second kappa shape index (κ2) is 9.58. The van der Waals surface area contributed by atoms with Gasteiger partial charge >= 0.3 is 0 Å². The Bertz CT molecular complexity index is 1370. The Morgan fingerprint density at radius 3 is 2.50 bits per heavy atom. The van der Waals surface area contributed by atoms with E-state index in [0.717, 1.165) is 9.56 Å². The Hall–Kier alpha value is -3.82. The molecule has 0 aliphatic carbocycles. The molecule has 34 heavy (non-hydrogen) atoms. The van der Waals surface area contributed by atoms with Gasteiger partial charge in [-0.15, -0.1) is 11.3 Å². The van der Waals surface area contributed by atoms with E-state index in [1.54, 1.807) is 63.4 Å². The first kappa shape index (κ1) is 22.0. The highest BCUT2D eigenvalue weighted by molar-refractivity contribution is 7.09. The van der Waals surface area contributed by atoms with Gasteiger partial charge in [-0.2, -0.15) is 5.10 Å². The molecule has 4 heterocycles. The van der Waals surface area contributed by atoms with Crippen molar-refractivity contribution in [2.75, 3.05) is 26.3 Å². The molecule has 1 saturated heterocycles. The molecule has 0 radical (unpaired) electrons. The molecular weight excluding hydrogens is 452 g/mol. The van der Waals surface area contributed by atoms with Crippen LogP contribution in [-0.2, 0) is 11.3 Å². The predicted octanol–water partition coefficient (Wildman–Crippen LogP) is 2.98. The molecule has 172 valence electrons. The zero-order valence-corrected chi connectivity index (χ0v) is 19.1. The highest BCUT2D eigenvalue weighted by Gasteiger charge is 2.27. The molecule has 5 rings (SSSR count). The van der Waals surface area contributed by atoms with Gasteiger partial charge in [-0.05, 0) is 35.7 Å². The maximum Gasteiger partial charge on any atom is 0.278 e. The van der Waals surface area contributed by atoms with E-state index in [2.05, 4.69) is 5.10 Å². The standard InChI is InChI=1S/C25H22N4O4S/c30-23(18-6-2-1-3-7-18)29-17-21(25(32)27-11-13-33-14-12-27)22(26-29)20-9-4-10-28(24(20)31)16-19-8-5-15-34-19/h1-10,15,17H,11-14,16H2. The number of benzene rings is 1. The van der Waals surface area contributed by atoms with Crippen molar-refractivity contribution in [1.82, 2.24) is 19.2 Å². The number of pyridine rings is 1. The van der Waals surface area contributed by atoms with Crippen molar-refractivity contribution in [1.29, 1.82) is 0 Å². The molecule has 0 bridgehead atoms. The summed E-state index contributed by atoms with van der Waals surface area (Å²) in [7, 11) is 0. The van der Waals surface area contributed by atoms with Crippen molar-refractivity contribution in [2.24, 2.45) is 0 Å². The van der Waals surface area contributed by atoms with Gasteiger partial charge < -0.3 is 14.2 Å². The molecule has 0 saturated carbocycles. The van der Waals surface area contributed by atoms with Gasteiger partial charge in [-0.3, -0.25) is 14.4 Å². The van der Waals surface area contributed by atoms with Crippen LogP contribution in [0.2, 0.25) is 0 Å². The molecular formula is C25H22N4O4S. The second-order valence-corrected chi connectivity index (χ2v) is 8.88. The van der Waals surface area contributed by atoms with E-state index in [9.17, 15) is 14.4 Å². The first-order chi connectivity index (χ1) is 16.6. The van der Waals surface area contributed by atoms with Crippen LogP contribution in [0.1, 0.15) is 25.6 Å². The maximum atomic E-state index is 13.4. The number of nitrogens with zero attached hydrogens (tertiary/aromatic N) is 4. The number of ether oxygens (including phenoxy) is 1. The number of carbonyl (C=O) groups excluding carboxylic acids is 2. The van der Waals surface area contributed by atoms with E-state index in [1.807, 2.05) is 23.6 Å². The number of carbonyl (C=O) groups is 2. The number of rotatable bonds is 5. The topological polar surface area (TPSA) is 86.4 Å². The van der Waals surface area contributed by atoms with Gasteiger partial charge in [0, 0.05) is 35.9 Å². The number of hydrogen-bond acceptors (Lipinski definition) is 6. The average Bonchev–Trinajstić information content (AvgIpc) is 3.56. The van der Waals surface area contributed by atoms with Crippen molar-refractivity contribution in [2.45, 2.75) is 6.54 Å². The van der Waals surface area contributed by atoms with Crippen molar-refractivity contribution in [3.8, 4) is 11.3 Å². The van der Waals surface area contributed by atoms with Crippen molar-refractivity contribution < 1.29 is 14.3 Å². The number of aromatic nitrogens is 3. The van der Waals surface area contributed by atoms with Crippen LogP contribution in [0.3, 0.4) is 0 Å². The Labute approximate surface area is 199 Å². The Morgan fingerprint density at radius 1 is 0.971 bits per heavy atom. The van der Waals surface area contributed by atoms with Gasteiger partial charge in [0.1, 0.15) is 5.69 Å². The third-order valence-corrected chi connectivity index (χ3v) is 6.51. The van der Waals surface area contributed by atoms with E-state index in [-0.39, 0.29) is 34.2 Å². The summed E-state index contributed by atoms with van der Waals surface area (Å²) in [5.74, 6) is -0.656. The van der Waals surface area contributed by atoms with Crippen LogP contribution in [0.5, 0.6) is 0 Å². The summed E-state index contributed by atoms with van der Waals surface area (Å²) in [6.07, 6.45) is 3.14. The quantitative estimate of drug-likeness (QED) is 0.444. The van der Waals surface area contributed by atoms with Gasteiger partial charge in [-0.1, -0.05) is 24.3 Å². The molecule has 4 aromatic rings. The van der Waals surface area contributed by atoms with E-state index in [1.165, 1.54) is 6.20 Å². The van der Waals surface area contributed by atoms with E-state index in [4.69, 9.17) is 4.74 Å². The fourth-order valence-electron chi connectivity index (χ4n) is 3.90. The minimum atomic E-state index is -0.377. The number of amides is 1. The number of morpholine rings is 1. The molecule has 0 atom stereocenters. The summed E-state index contributed by atoms with van der Waals surface area (Å²) >= 11 is 1.56. The number of hydrogen-bond donors (Lipinski definition) is 0. The monoisotopic (exact) mass is 474 g/mol. The zero-order chi connectivity index (χ0) is 23.5. The van der Waals surface area contributed by atoms with Gasteiger partial charge in [0.2, 0.25) is 0 Å². The lowest BCUT2D eigenvalue weighted by Crippen LogP contribution is -2.40. The highest BCUT2D eigenvalue weighted by atomic mass is 32.1. The molecule has 0 N–H and O–H groups in total. The normalized spacial score (nSPS) is 13.7. The van der Waals surface area contributed by atoms with Gasteiger partial charge in [0.15, 0.2) is 0 Å². The van der Waals surface area contributed by atoms with Crippen LogP contribution >= 0.6 is 11.3 Å². The molecule has 9 heteroatoms. The van der Waals surface area contributed by atoms with Crippen LogP contribution < -0.4 is 5.56 Å². The summed E-state index contributed by atoms with van der Waals surface area (Å²) in [5.41, 5.74) is 0.855. The first-order valence-corrected chi connectivity index (χ1v) is 11.8. The van der Waals surface area contributed by atoms with E-state index in [0.29, 0.717) is 38.4 Å². The fourth-order valence-corrected chi connectivity index (χ4v) is 4.60. The lowest BCUT2D eigenvalue weighted by Gasteiger charge is -2.26. The highest BCUT2D eigenvalue weighted by Crippen LogP contribution is 2.22. The maximum absolute atomic E-state index is 13.4. The zero-order valence-electron chi connectivity index (χ0n) is 18.3. The molecule has 1 aromatic carbocycles. The Kier molecular flexibility index (Phi) is 6.20. The minimum absolute atomic E-state index is 0.200. The van der Waals surface area contributed by atoms with Crippen molar-refractivity contribution in [3.63, 3.8) is 0 Å². The summed E-state index contributed by atoms with van der Waals surface area (Å²) in [6.45, 7) is 2.18. The minimum Gasteiger partial charge on any atom is -0.378 e. The molecule has 1 aliphatic heterocycles. The van der Waals surface area contributed by atoms with E-state index < -0.39 is 0 Å². The SMILES string of the molecule is O=C(c1cn(C(=O)c2ccccc2)nc1-c1cccn(Cc2cccs2)c1=O)N1CCOCC1. The van der Waals surface area contributed by atoms with Crippen LogP contribution in [-0.4, -0.2) is 57.4 Å². The summed E-state index contributed by atoms with van der Waals surface area (Å²) < 4.78 is 8.10. The van der Waals surface area contributed by atoms with Crippen LogP contribution in [0.15, 0.2) is 77.2 Å². The van der Waals surface area contributed by atoms with E-state index >= 15 is 0 Å². The molecule has 1 amide bonds. The molecule has 1 aliphatic rings. The largest absolute Gasteiger partial charge is 0.378 e. The molecule has 0 spiro atoms. The molecule has 3 aromatic heterocycles. The lowest BCUT2D eigenvalue weighted by molar-refractivity contribution is 0.0303.